The van der Waals surface area contributed by atoms with Crippen LogP contribution in [0.15, 0.2) is 18.2 Å². The summed E-state index contributed by atoms with van der Waals surface area (Å²) in [5.41, 5.74) is 1.41. The zero-order valence-corrected chi connectivity index (χ0v) is 13.1. The molecule has 0 spiro atoms. The van der Waals surface area contributed by atoms with Crippen molar-refractivity contribution in [3.8, 4) is 0 Å². The minimum atomic E-state index is -0.969. The summed E-state index contributed by atoms with van der Waals surface area (Å²) in [7, 11) is 0. The molecule has 1 aromatic carbocycles. The van der Waals surface area contributed by atoms with Gasteiger partial charge in [0.05, 0.1) is 0 Å². The fraction of sp³-hybridized carbons (Fsp3) is 0.400. The largest absolute Gasteiger partial charge is 0.451 e. The van der Waals surface area contributed by atoms with Crippen LogP contribution in [0.4, 0.5) is 5.69 Å². The van der Waals surface area contributed by atoms with Gasteiger partial charge in [0.25, 0.3) is 5.91 Å². The second kappa shape index (κ2) is 6.79. The Morgan fingerprint density at radius 3 is 2.82 bits per heavy atom. The van der Waals surface area contributed by atoms with Gasteiger partial charge in [-0.05, 0) is 38.0 Å². The second-order valence-corrected chi connectivity index (χ2v) is 5.62. The van der Waals surface area contributed by atoms with Gasteiger partial charge in [-0.2, -0.15) is 0 Å². The summed E-state index contributed by atoms with van der Waals surface area (Å²) in [6, 6.07) is 4.46. The van der Waals surface area contributed by atoms with E-state index in [0.29, 0.717) is 23.6 Å². The highest BCUT2D eigenvalue weighted by atomic mass is 35.5. The molecule has 0 saturated carbocycles. The Kier molecular flexibility index (Phi) is 5.03. The number of hydrogen-bond donors (Lipinski definition) is 2. The Morgan fingerprint density at radius 1 is 1.45 bits per heavy atom. The van der Waals surface area contributed by atoms with Crippen LogP contribution in [0.25, 0.3) is 0 Å². The van der Waals surface area contributed by atoms with Crippen LogP contribution in [0.1, 0.15) is 25.3 Å². The summed E-state index contributed by atoms with van der Waals surface area (Å²) in [5, 5.41) is 5.67. The lowest BCUT2D eigenvalue weighted by atomic mass is 10.2. The van der Waals surface area contributed by atoms with Gasteiger partial charge in [0.1, 0.15) is 6.04 Å². The molecule has 6 nitrogen and oxygen atoms in total. The quantitative estimate of drug-likeness (QED) is 0.827. The predicted molar refractivity (Wildman–Crippen MR) is 81.5 cm³/mol. The highest BCUT2D eigenvalue weighted by molar-refractivity contribution is 6.31. The molecule has 1 aromatic rings. The van der Waals surface area contributed by atoms with E-state index in [-0.39, 0.29) is 5.91 Å². The minimum Gasteiger partial charge on any atom is -0.451 e. The predicted octanol–water partition coefficient (Wildman–Crippen LogP) is 1.80. The minimum absolute atomic E-state index is 0.186. The third-order valence-corrected chi connectivity index (χ3v) is 3.63. The first-order chi connectivity index (χ1) is 10.4. The molecular weight excluding hydrogens is 308 g/mol. The molecule has 0 aromatic heterocycles. The molecule has 118 valence electrons. The van der Waals surface area contributed by atoms with E-state index in [0.717, 1.165) is 5.56 Å². The van der Waals surface area contributed by atoms with E-state index < -0.39 is 24.0 Å². The molecule has 1 aliphatic heterocycles. The highest BCUT2D eigenvalue weighted by Crippen LogP contribution is 2.20. The number of anilines is 1. The Labute approximate surface area is 133 Å². The number of esters is 1. The Morgan fingerprint density at radius 2 is 2.18 bits per heavy atom. The van der Waals surface area contributed by atoms with Gasteiger partial charge in [-0.3, -0.25) is 9.59 Å². The van der Waals surface area contributed by atoms with Crippen LogP contribution >= 0.6 is 11.6 Å². The van der Waals surface area contributed by atoms with Crippen molar-refractivity contribution in [3.05, 3.63) is 28.8 Å². The van der Waals surface area contributed by atoms with Crippen LogP contribution < -0.4 is 10.6 Å². The summed E-state index contributed by atoms with van der Waals surface area (Å²) in [6.07, 6.45) is -0.287. The number of ether oxygens (including phenoxy) is 1. The Hall–Kier alpha value is -2.08. The molecular formula is C15H17ClN2O4. The lowest BCUT2D eigenvalue weighted by Gasteiger charge is -2.17. The van der Waals surface area contributed by atoms with Gasteiger partial charge in [-0.15, -0.1) is 0 Å². The molecule has 1 fully saturated rings. The summed E-state index contributed by atoms with van der Waals surface area (Å²) in [6.45, 7) is 3.31. The zero-order valence-electron chi connectivity index (χ0n) is 12.3. The molecule has 0 radical (unpaired) electrons. The molecule has 1 heterocycles. The third kappa shape index (κ3) is 3.98. The average molecular weight is 325 g/mol. The van der Waals surface area contributed by atoms with E-state index >= 15 is 0 Å². The normalized spacial score (nSPS) is 18.5. The van der Waals surface area contributed by atoms with Crippen molar-refractivity contribution in [2.24, 2.45) is 0 Å². The van der Waals surface area contributed by atoms with Gasteiger partial charge in [-0.1, -0.05) is 17.7 Å². The van der Waals surface area contributed by atoms with E-state index in [9.17, 15) is 14.4 Å². The smallest absolute Gasteiger partial charge is 0.329 e. The number of carbonyl (C=O) groups excluding carboxylic acids is 3. The number of rotatable bonds is 4. The number of carbonyl (C=O) groups is 3. The number of amides is 2. The molecule has 22 heavy (non-hydrogen) atoms. The first-order valence-corrected chi connectivity index (χ1v) is 7.31. The molecule has 1 aliphatic rings. The lowest BCUT2D eigenvalue weighted by molar-refractivity contribution is -0.155. The van der Waals surface area contributed by atoms with Gasteiger partial charge < -0.3 is 15.4 Å². The summed E-state index contributed by atoms with van der Waals surface area (Å²) >= 11 is 5.89. The van der Waals surface area contributed by atoms with Crippen LogP contribution in [0, 0.1) is 6.92 Å². The second-order valence-electron chi connectivity index (χ2n) is 5.19. The molecule has 1 saturated heterocycles. The van der Waals surface area contributed by atoms with Crippen molar-refractivity contribution in [3.63, 3.8) is 0 Å². The van der Waals surface area contributed by atoms with E-state index in [4.69, 9.17) is 16.3 Å². The molecule has 2 atom stereocenters. The molecule has 0 unspecified atom stereocenters. The number of halogens is 1. The third-order valence-electron chi connectivity index (χ3n) is 3.40. The first kappa shape index (κ1) is 16.3. The van der Waals surface area contributed by atoms with Crippen molar-refractivity contribution < 1.29 is 19.1 Å². The summed E-state index contributed by atoms with van der Waals surface area (Å²) in [4.78, 5) is 35.0. The maximum Gasteiger partial charge on any atom is 0.329 e. The number of hydrogen-bond acceptors (Lipinski definition) is 4. The number of nitrogens with one attached hydrogen (secondary N) is 2. The van der Waals surface area contributed by atoms with Gasteiger partial charge in [-0.25, -0.2) is 4.79 Å². The van der Waals surface area contributed by atoms with Gasteiger partial charge in [0, 0.05) is 17.1 Å². The molecule has 7 heteroatoms. The standard InChI is InChI=1S/C15H17ClN2O4/c1-8-3-4-10(16)7-12(8)18-14(20)9(2)22-15(21)11-5-6-13(19)17-11/h3-4,7,9,11H,5-6H2,1-2H3,(H,17,19)(H,18,20)/t9-,11-/m0/s1. The Bertz CT molecular complexity index is 618. The van der Waals surface area contributed by atoms with Crippen LogP contribution in [-0.2, 0) is 19.1 Å². The van der Waals surface area contributed by atoms with E-state index in [1.54, 1.807) is 18.2 Å². The molecule has 2 rings (SSSR count). The van der Waals surface area contributed by atoms with Crippen molar-refractivity contribution in [1.82, 2.24) is 5.32 Å². The number of aryl methyl sites for hydroxylation is 1. The van der Waals surface area contributed by atoms with Crippen LogP contribution in [0.3, 0.4) is 0 Å². The summed E-state index contributed by atoms with van der Waals surface area (Å²) in [5.74, 6) is -1.24. The van der Waals surface area contributed by atoms with Crippen LogP contribution in [0.2, 0.25) is 5.02 Å². The average Bonchev–Trinajstić information content (AvgIpc) is 2.89. The van der Waals surface area contributed by atoms with Crippen molar-refractivity contribution >= 4 is 35.1 Å². The molecule has 2 N–H and O–H groups in total. The lowest BCUT2D eigenvalue weighted by Crippen LogP contribution is -2.39. The van der Waals surface area contributed by atoms with E-state index in [1.807, 2.05) is 6.92 Å². The van der Waals surface area contributed by atoms with E-state index in [2.05, 4.69) is 10.6 Å². The molecule has 0 aliphatic carbocycles. The fourth-order valence-electron chi connectivity index (χ4n) is 2.06. The zero-order chi connectivity index (χ0) is 16.3. The van der Waals surface area contributed by atoms with Crippen molar-refractivity contribution in [1.29, 1.82) is 0 Å². The Balaban J connectivity index is 1.93. The first-order valence-electron chi connectivity index (χ1n) is 6.93. The van der Waals surface area contributed by atoms with Gasteiger partial charge in [0.2, 0.25) is 5.91 Å². The topological polar surface area (TPSA) is 84.5 Å². The van der Waals surface area contributed by atoms with Crippen molar-refractivity contribution in [2.45, 2.75) is 38.8 Å². The number of benzene rings is 1. The fourth-order valence-corrected chi connectivity index (χ4v) is 2.24. The van der Waals surface area contributed by atoms with Crippen LogP contribution in [0.5, 0.6) is 0 Å². The van der Waals surface area contributed by atoms with Crippen molar-refractivity contribution in [2.75, 3.05) is 5.32 Å². The highest BCUT2D eigenvalue weighted by Gasteiger charge is 2.30. The summed E-state index contributed by atoms with van der Waals surface area (Å²) < 4.78 is 5.09. The van der Waals surface area contributed by atoms with Crippen LogP contribution in [-0.4, -0.2) is 29.9 Å². The maximum absolute atomic E-state index is 12.1. The maximum atomic E-state index is 12.1. The van der Waals surface area contributed by atoms with Gasteiger partial charge in [0.15, 0.2) is 6.10 Å². The molecule has 0 bridgehead atoms. The van der Waals surface area contributed by atoms with Gasteiger partial charge >= 0.3 is 5.97 Å². The monoisotopic (exact) mass is 324 g/mol. The molecule has 2 amide bonds. The van der Waals surface area contributed by atoms with E-state index in [1.165, 1.54) is 6.92 Å². The SMILES string of the molecule is Cc1ccc(Cl)cc1NC(=O)[C@H](C)OC(=O)[C@@H]1CCC(=O)N1.